The molecule has 35 heavy (non-hydrogen) atoms. The van der Waals surface area contributed by atoms with Gasteiger partial charge in [-0.15, -0.1) is 0 Å². The number of rotatable bonds is 7. The van der Waals surface area contributed by atoms with Crippen LogP contribution in [0.15, 0.2) is 30.3 Å². The van der Waals surface area contributed by atoms with Crippen LogP contribution in [0.4, 0.5) is 24.5 Å². The number of aliphatic hydroxyl groups is 1. The second kappa shape index (κ2) is 9.07. The second-order valence-corrected chi connectivity index (χ2v) is 9.78. The fraction of sp³-hybridized carbons (Fsp3) is 0.440. The van der Waals surface area contributed by atoms with Crippen molar-refractivity contribution in [2.75, 3.05) is 23.4 Å². The summed E-state index contributed by atoms with van der Waals surface area (Å²) in [5.41, 5.74) is 0.484. The van der Waals surface area contributed by atoms with E-state index in [1.165, 1.54) is 23.1 Å². The van der Waals surface area contributed by atoms with Crippen molar-refractivity contribution >= 4 is 23.2 Å². The fourth-order valence-electron chi connectivity index (χ4n) is 4.49. The molecule has 2 aromatic carbocycles. The van der Waals surface area contributed by atoms with Crippen LogP contribution in [0.3, 0.4) is 0 Å². The number of amides is 2. The predicted molar refractivity (Wildman–Crippen MR) is 122 cm³/mol. The Morgan fingerprint density at radius 3 is 2.60 bits per heavy atom. The topological polar surface area (TPSA) is 99.1 Å². The lowest BCUT2D eigenvalue weighted by atomic mass is 9.82. The third-order valence-corrected chi connectivity index (χ3v) is 6.53. The molecular formula is C25H27F3N2O5. The van der Waals surface area contributed by atoms with Crippen LogP contribution in [-0.4, -0.2) is 35.2 Å². The van der Waals surface area contributed by atoms with Crippen molar-refractivity contribution in [3.05, 3.63) is 47.0 Å². The fourth-order valence-corrected chi connectivity index (χ4v) is 4.49. The summed E-state index contributed by atoms with van der Waals surface area (Å²) in [7, 11) is 0. The highest BCUT2D eigenvalue weighted by Crippen LogP contribution is 2.42. The van der Waals surface area contributed by atoms with Crippen LogP contribution >= 0.6 is 0 Å². The SMILES string of the molecule is CC(C)(CCC(O)c1cc(O)cc2c1OCC(=O)N2)CCN1C(=O)Cc2cc(C(F)(F)F)ccc21. The lowest BCUT2D eigenvalue weighted by molar-refractivity contribution is -0.137. The molecular weight excluding hydrogens is 465 g/mol. The maximum absolute atomic E-state index is 13.0. The van der Waals surface area contributed by atoms with E-state index < -0.39 is 17.8 Å². The van der Waals surface area contributed by atoms with Gasteiger partial charge in [0.05, 0.1) is 23.8 Å². The molecule has 0 saturated carbocycles. The number of nitrogens with zero attached hydrogens (tertiary/aromatic N) is 1. The minimum absolute atomic E-state index is 0.0580. The highest BCUT2D eigenvalue weighted by molar-refractivity contribution is 6.01. The zero-order valence-electron chi connectivity index (χ0n) is 19.4. The van der Waals surface area contributed by atoms with Gasteiger partial charge in [0.1, 0.15) is 11.5 Å². The molecule has 2 heterocycles. The predicted octanol–water partition coefficient (Wildman–Crippen LogP) is 4.56. The molecule has 0 spiro atoms. The number of ether oxygens (including phenoxy) is 1. The first-order chi connectivity index (χ1) is 16.3. The number of hydrogen-bond acceptors (Lipinski definition) is 5. The van der Waals surface area contributed by atoms with E-state index in [-0.39, 0.29) is 36.0 Å². The molecule has 3 N–H and O–H groups in total. The van der Waals surface area contributed by atoms with Gasteiger partial charge in [0.15, 0.2) is 6.61 Å². The molecule has 2 aromatic rings. The number of halogens is 3. The number of aromatic hydroxyl groups is 1. The molecule has 7 nitrogen and oxygen atoms in total. The average molecular weight is 492 g/mol. The highest BCUT2D eigenvalue weighted by atomic mass is 19.4. The third-order valence-electron chi connectivity index (χ3n) is 6.53. The highest BCUT2D eigenvalue weighted by Gasteiger charge is 2.35. The van der Waals surface area contributed by atoms with Crippen LogP contribution in [0.2, 0.25) is 0 Å². The first kappa shape index (κ1) is 24.8. The molecule has 2 amide bonds. The van der Waals surface area contributed by atoms with Crippen LogP contribution in [-0.2, 0) is 22.2 Å². The average Bonchev–Trinajstić information content (AvgIpc) is 3.08. The maximum Gasteiger partial charge on any atom is 0.416 e. The lowest BCUT2D eigenvalue weighted by Crippen LogP contribution is -2.31. The van der Waals surface area contributed by atoms with Crippen molar-refractivity contribution in [1.82, 2.24) is 0 Å². The van der Waals surface area contributed by atoms with E-state index in [0.717, 1.165) is 12.1 Å². The summed E-state index contributed by atoms with van der Waals surface area (Å²) >= 11 is 0. The van der Waals surface area contributed by atoms with Crippen molar-refractivity contribution < 1.29 is 37.7 Å². The van der Waals surface area contributed by atoms with E-state index in [1.807, 2.05) is 13.8 Å². The number of anilines is 2. The maximum atomic E-state index is 13.0. The van der Waals surface area contributed by atoms with E-state index in [1.54, 1.807) is 0 Å². The molecule has 2 aliphatic rings. The Kier molecular flexibility index (Phi) is 6.44. The van der Waals surface area contributed by atoms with E-state index in [2.05, 4.69) is 5.32 Å². The zero-order chi connectivity index (χ0) is 25.5. The molecule has 2 aliphatic heterocycles. The molecule has 10 heteroatoms. The number of carbonyl (C=O) groups excluding carboxylic acids is 2. The van der Waals surface area contributed by atoms with E-state index in [0.29, 0.717) is 54.1 Å². The molecule has 188 valence electrons. The van der Waals surface area contributed by atoms with Crippen LogP contribution in [0.1, 0.15) is 55.9 Å². The molecule has 0 bridgehead atoms. The van der Waals surface area contributed by atoms with Gasteiger partial charge < -0.3 is 25.2 Å². The Labute approximate surface area is 200 Å². The monoisotopic (exact) mass is 492 g/mol. The van der Waals surface area contributed by atoms with Crippen molar-refractivity contribution in [1.29, 1.82) is 0 Å². The Bertz CT molecular complexity index is 1160. The van der Waals surface area contributed by atoms with Gasteiger partial charge in [0, 0.05) is 23.9 Å². The third kappa shape index (κ3) is 5.37. The number of alkyl halides is 3. The molecule has 4 rings (SSSR count). The lowest BCUT2D eigenvalue weighted by Gasteiger charge is -2.29. The summed E-state index contributed by atoms with van der Waals surface area (Å²) in [4.78, 5) is 25.6. The number of carbonyl (C=O) groups is 2. The van der Waals surface area contributed by atoms with Gasteiger partial charge in [-0.1, -0.05) is 13.8 Å². The van der Waals surface area contributed by atoms with Gasteiger partial charge in [0.25, 0.3) is 5.91 Å². The first-order valence-electron chi connectivity index (χ1n) is 11.3. The normalized spacial score (nSPS) is 16.5. The number of hydrogen-bond donors (Lipinski definition) is 3. The van der Waals surface area contributed by atoms with Gasteiger partial charge in [0.2, 0.25) is 5.91 Å². The molecule has 1 atom stereocenters. The standard InChI is InChI=1S/C25H27F3N2O5/c1-24(2,6-5-20(32)17-11-16(31)12-18-23(17)35-13-21(33)29-18)7-8-30-19-4-3-15(25(26,27)28)9-14(19)10-22(30)34/h3-4,9,11-12,20,31-32H,5-8,10,13H2,1-2H3,(H,29,33). The smallest absolute Gasteiger partial charge is 0.416 e. The van der Waals surface area contributed by atoms with Gasteiger partial charge in [-0.25, -0.2) is 0 Å². The minimum atomic E-state index is -4.46. The largest absolute Gasteiger partial charge is 0.508 e. The van der Waals surface area contributed by atoms with Gasteiger partial charge in [-0.3, -0.25) is 9.59 Å². The minimum Gasteiger partial charge on any atom is -0.508 e. The Balaban J connectivity index is 1.39. The molecule has 0 radical (unpaired) electrons. The Morgan fingerprint density at radius 2 is 1.89 bits per heavy atom. The molecule has 0 saturated heterocycles. The van der Waals surface area contributed by atoms with E-state index >= 15 is 0 Å². The number of phenolic OH excluding ortho intramolecular Hbond substituents is 1. The van der Waals surface area contributed by atoms with Gasteiger partial charge >= 0.3 is 6.18 Å². The van der Waals surface area contributed by atoms with Gasteiger partial charge in [-0.05, 0) is 54.5 Å². The van der Waals surface area contributed by atoms with Crippen LogP contribution < -0.4 is 15.0 Å². The summed E-state index contributed by atoms with van der Waals surface area (Å²) in [5, 5.41) is 23.4. The second-order valence-electron chi connectivity index (χ2n) is 9.78. The van der Waals surface area contributed by atoms with Crippen LogP contribution in [0, 0.1) is 5.41 Å². The number of aliphatic hydroxyl groups excluding tert-OH is 1. The summed E-state index contributed by atoms with van der Waals surface area (Å²) in [6.45, 7) is 4.14. The van der Waals surface area contributed by atoms with Crippen molar-refractivity contribution in [3.63, 3.8) is 0 Å². The van der Waals surface area contributed by atoms with Gasteiger partial charge in [-0.2, -0.15) is 13.2 Å². The molecule has 0 fully saturated rings. The van der Waals surface area contributed by atoms with Crippen LogP contribution in [0.25, 0.3) is 0 Å². The van der Waals surface area contributed by atoms with Crippen molar-refractivity contribution in [2.24, 2.45) is 5.41 Å². The van der Waals surface area contributed by atoms with Crippen molar-refractivity contribution in [3.8, 4) is 11.5 Å². The van der Waals surface area contributed by atoms with E-state index in [9.17, 15) is 33.0 Å². The van der Waals surface area contributed by atoms with Crippen LogP contribution in [0.5, 0.6) is 11.5 Å². The number of fused-ring (bicyclic) bond motifs is 2. The van der Waals surface area contributed by atoms with E-state index in [4.69, 9.17) is 4.74 Å². The Morgan fingerprint density at radius 1 is 1.14 bits per heavy atom. The molecule has 1 unspecified atom stereocenters. The summed E-state index contributed by atoms with van der Waals surface area (Å²) in [6, 6.07) is 6.14. The zero-order valence-corrected chi connectivity index (χ0v) is 19.4. The molecule has 0 aliphatic carbocycles. The number of phenols is 1. The number of nitrogens with one attached hydrogen (secondary N) is 1. The summed E-state index contributed by atoms with van der Waals surface area (Å²) in [5.74, 6) is -0.369. The first-order valence-corrected chi connectivity index (χ1v) is 11.3. The summed E-state index contributed by atoms with van der Waals surface area (Å²) < 4.78 is 44.5. The Hall–Kier alpha value is -3.27. The summed E-state index contributed by atoms with van der Waals surface area (Å²) in [6.07, 6.45) is -4.01. The number of benzene rings is 2. The quantitative estimate of drug-likeness (QED) is 0.526. The van der Waals surface area contributed by atoms with Crippen molar-refractivity contribution in [2.45, 2.75) is 51.8 Å². The molecule has 0 aromatic heterocycles.